The molecule has 274 valence electrons. The molecule has 0 radical (unpaired) electrons. The Morgan fingerprint density at radius 3 is 1.24 bits per heavy atom. The number of fused-ring (bicyclic) bond motifs is 2. The molecule has 0 saturated carbocycles. The number of furan rings is 2. The fraction of sp³-hybridized carbons (Fsp3) is 0.250. The fourth-order valence-corrected chi connectivity index (χ4v) is 36.9. The first kappa shape index (κ1) is 37.5. The van der Waals surface area contributed by atoms with Gasteiger partial charge in [-0.25, -0.2) is 0 Å². The molecule has 0 N–H and O–H groups in total. The van der Waals surface area contributed by atoms with E-state index in [0.29, 0.717) is 0 Å². The van der Waals surface area contributed by atoms with Crippen molar-refractivity contribution < 1.29 is 23.8 Å². The third kappa shape index (κ3) is 5.90. The van der Waals surface area contributed by atoms with E-state index in [-0.39, 0.29) is 7.25 Å². The third-order valence-corrected chi connectivity index (χ3v) is 58.4. The minimum absolute atomic E-state index is 0.211. The van der Waals surface area contributed by atoms with Crippen LogP contribution in [0.2, 0.25) is 13.1 Å². The summed E-state index contributed by atoms with van der Waals surface area (Å²) < 4.78 is 12.7. The van der Waals surface area contributed by atoms with Crippen LogP contribution in [0, 0.1) is 27.7 Å². The predicted octanol–water partition coefficient (Wildman–Crippen LogP) is 14.7. The van der Waals surface area contributed by atoms with Crippen molar-refractivity contribution in [2.24, 2.45) is 0 Å². The zero-order valence-electron chi connectivity index (χ0n) is 32.5. The van der Waals surface area contributed by atoms with E-state index in [2.05, 4.69) is 150 Å². The van der Waals surface area contributed by atoms with Crippen LogP contribution in [-0.4, -0.2) is 5.43 Å². The SMILES string of the molecule is CCc1ccc(-c2c(C)ccc3c2C=C(c2ccc(C)o2)[CH]3[Zr]([Cl])([Cl])([CH]2C(c3ccc(C)o3)=Cc3c2ccc(C)c3-c2ccc(CC)cc2)=[Si](C)C)cc1. The van der Waals surface area contributed by atoms with Crippen molar-refractivity contribution in [2.75, 3.05) is 0 Å². The van der Waals surface area contributed by atoms with Crippen molar-refractivity contribution >= 4 is 45.8 Å². The molecular formula is C48H48Cl2O2SiZr. The monoisotopic (exact) mass is 844 g/mol. The number of aryl methyl sites for hydroxylation is 6. The van der Waals surface area contributed by atoms with E-state index >= 15 is 0 Å². The van der Waals surface area contributed by atoms with Crippen LogP contribution in [0.4, 0.5) is 0 Å². The molecule has 2 aromatic heterocycles. The van der Waals surface area contributed by atoms with Gasteiger partial charge in [-0.15, -0.1) is 0 Å². The van der Waals surface area contributed by atoms with E-state index in [4.69, 9.17) is 25.9 Å². The zero-order valence-corrected chi connectivity index (χ0v) is 37.5. The molecule has 0 saturated heterocycles. The maximum atomic E-state index is 8.91. The Morgan fingerprint density at radius 2 is 0.926 bits per heavy atom. The van der Waals surface area contributed by atoms with E-state index in [1.165, 1.54) is 66.8 Å². The van der Waals surface area contributed by atoms with Gasteiger partial charge in [-0.3, -0.25) is 0 Å². The Kier molecular flexibility index (Phi) is 9.70. The van der Waals surface area contributed by atoms with Crippen LogP contribution in [0.15, 0.2) is 106 Å². The first-order valence-corrected chi connectivity index (χ1v) is 34.6. The summed E-state index contributed by atoms with van der Waals surface area (Å²) in [5, 5.41) is 0. The van der Waals surface area contributed by atoms with Gasteiger partial charge in [0, 0.05) is 0 Å². The summed E-state index contributed by atoms with van der Waals surface area (Å²) in [6.45, 7) is 17.6. The van der Waals surface area contributed by atoms with E-state index in [1.807, 2.05) is 13.8 Å². The van der Waals surface area contributed by atoms with Crippen molar-refractivity contribution in [3.05, 3.63) is 165 Å². The standard InChI is InChI=1S/2C23H21O.C2H6Si.2ClH.Zr/c2*1-4-17-7-10-18(11-8-17)23-15(2)5-9-19-13-20(14-21(19)23)22-12-6-16(3)24-22;1-3-2;;;/h2*5-14H,4H2,1-3H3;1-2H3;2*1H;/q;;;;;+2/p-2. The van der Waals surface area contributed by atoms with Crippen LogP contribution in [-0.2, 0) is 27.9 Å². The van der Waals surface area contributed by atoms with Gasteiger partial charge in [0.2, 0.25) is 0 Å². The quantitative estimate of drug-likeness (QED) is 0.143. The van der Waals surface area contributed by atoms with Crippen LogP contribution in [0.25, 0.3) is 45.6 Å². The molecule has 2 atom stereocenters. The van der Waals surface area contributed by atoms with E-state index in [0.717, 1.165) is 47.0 Å². The van der Waals surface area contributed by atoms with Gasteiger partial charge in [0.25, 0.3) is 0 Å². The summed E-state index contributed by atoms with van der Waals surface area (Å²) in [4.78, 5) is 0. The Hall–Kier alpha value is -3.40. The minimum atomic E-state index is -5.34. The van der Waals surface area contributed by atoms with Gasteiger partial charge in [-0.1, -0.05) is 0 Å². The van der Waals surface area contributed by atoms with Gasteiger partial charge in [0.1, 0.15) is 0 Å². The molecule has 0 bridgehead atoms. The molecule has 6 aromatic rings. The molecule has 6 heteroatoms. The fourth-order valence-electron chi connectivity index (χ4n) is 9.19. The van der Waals surface area contributed by atoms with Gasteiger partial charge in [-0.2, -0.15) is 0 Å². The first-order valence-electron chi connectivity index (χ1n) is 19.2. The maximum absolute atomic E-state index is 8.91. The Morgan fingerprint density at radius 1 is 0.537 bits per heavy atom. The third-order valence-electron chi connectivity index (χ3n) is 12.2. The number of benzene rings is 4. The topological polar surface area (TPSA) is 26.3 Å². The van der Waals surface area contributed by atoms with E-state index in [1.54, 1.807) is 0 Å². The molecule has 8 rings (SSSR count). The molecule has 2 unspecified atom stereocenters. The van der Waals surface area contributed by atoms with Gasteiger partial charge in [-0.05, 0) is 0 Å². The molecule has 2 aliphatic rings. The Labute approximate surface area is 328 Å². The molecule has 0 amide bonds. The molecule has 2 heterocycles. The number of halogens is 2. The predicted molar refractivity (Wildman–Crippen MR) is 229 cm³/mol. The Bertz CT molecular complexity index is 2420. The molecule has 0 fully saturated rings. The zero-order chi connectivity index (χ0) is 38.1. The second-order valence-electron chi connectivity index (χ2n) is 15.7. The number of hydrogen-bond donors (Lipinski definition) is 0. The van der Waals surface area contributed by atoms with E-state index < -0.39 is 20.4 Å². The first-order chi connectivity index (χ1) is 25.8. The van der Waals surface area contributed by atoms with Gasteiger partial charge >= 0.3 is 331 Å². The number of hydrogen-bond acceptors (Lipinski definition) is 2. The molecule has 0 spiro atoms. The van der Waals surface area contributed by atoms with Gasteiger partial charge < -0.3 is 0 Å². The summed E-state index contributed by atoms with van der Waals surface area (Å²) >= 11 is -5.34. The van der Waals surface area contributed by atoms with Crippen molar-refractivity contribution in [3.63, 3.8) is 0 Å². The molecule has 4 aromatic carbocycles. The summed E-state index contributed by atoms with van der Waals surface area (Å²) in [6, 6.07) is 35.6. The van der Waals surface area contributed by atoms with Crippen LogP contribution in [0.3, 0.4) is 0 Å². The van der Waals surface area contributed by atoms with Crippen molar-refractivity contribution in [2.45, 2.75) is 74.7 Å². The summed E-state index contributed by atoms with van der Waals surface area (Å²) in [7, 11) is 17.8. The number of rotatable bonds is 8. The average Bonchev–Trinajstić information content (AvgIpc) is 3.97. The van der Waals surface area contributed by atoms with Gasteiger partial charge in [0.15, 0.2) is 0 Å². The molecule has 0 aliphatic heterocycles. The second-order valence-corrected chi connectivity index (χ2v) is 54.4. The normalized spacial score (nSPS) is 16.6. The molecule has 2 nitrogen and oxygen atoms in total. The molecule has 2 aliphatic carbocycles. The number of allylic oxidation sites excluding steroid dienone is 2. The van der Waals surface area contributed by atoms with Crippen molar-refractivity contribution in [1.82, 2.24) is 0 Å². The van der Waals surface area contributed by atoms with E-state index in [9.17, 15) is 0 Å². The van der Waals surface area contributed by atoms with Gasteiger partial charge in [0.05, 0.1) is 0 Å². The Balaban J connectivity index is 1.44. The van der Waals surface area contributed by atoms with Crippen molar-refractivity contribution in [1.29, 1.82) is 0 Å². The average molecular weight is 847 g/mol. The molecular weight excluding hydrogens is 799 g/mol. The second kappa shape index (κ2) is 14.0. The summed E-state index contributed by atoms with van der Waals surface area (Å²) in [6.07, 6.45) is 6.74. The van der Waals surface area contributed by atoms with Crippen molar-refractivity contribution in [3.8, 4) is 22.3 Å². The summed E-state index contributed by atoms with van der Waals surface area (Å²) in [5.41, 5.74) is 15.6. The summed E-state index contributed by atoms with van der Waals surface area (Å²) in [5.74, 6) is 3.44. The van der Waals surface area contributed by atoms with Crippen LogP contribution in [0.1, 0.15) is 88.6 Å². The van der Waals surface area contributed by atoms with Crippen LogP contribution >= 0.6 is 17.0 Å². The van der Waals surface area contributed by atoms with Crippen LogP contribution in [0.5, 0.6) is 0 Å². The van der Waals surface area contributed by atoms with Crippen LogP contribution < -0.4 is 0 Å². The molecule has 54 heavy (non-hydrogen) atoms.